The van der Waals surface area contributed by atoms with E-state index in [4.69, 9.17) is 10.7 Å². The Morgan fingerprint density at radius 2 is 1.45 bits per heavy atom. The molecule has 1 atom stereocenters. The summed E-state index contributed by atoms with van der Waals surface area (Å²) in [4.78, 5) is 4.96. The fourth-order valence-corrected chi connectivity index (χ4v) is 6.33. The first-order chi connectivity index (χ1) is 25.9. The van der Waals surface area contributed by atoms with E-state index in [1.807, 2.05) is 36.4 Å². The minimum atomic E-state index is -0.424. The van der Waals surface area contributed by atoms with Crippen LogP contribution in [0.1, 0.15) is 75.6 Å². The Morgan fingerprint density at radius 1 is 0.792 bits per heavy atom. The maximum absolute atomic E-state index is 6.86. The minimum Gasteiger partial charge on any atom is -0.351 e. The maximum atomic E-state index is 6.86. The van der Waals surface area contributed by atoms with Crippen molar-refractivity contribution in [1.29, 1.82) is 0 Å². The van der Waals surface area contributed by atoms with Gasteiger partial charge in [-0.05, 0) is 108 Å². The number of benzene rings is 4. The van der Waals surface area contributed by atoms with E-state index in [0.717, 1.165) is 41.8 Å². The van der Waals surface area contributed by atoms with E-state index in [9.17, 15) is 0 Å². The van der Waals surface area contributed by atoms with Gasteiger partial charge in [-0.2, -0.15) is 0 Å². The number of amidine groups is 1. The van der Waals surface area contributed by atoms with E-state index in [2.05, 4.69) is 167 Å². The highest BCUT2D eigenvalue weighted by Crippen LogP contribution is 2.29. The third kappa shape index (κ3) is 12.0. The number of nitrogens with one attached hydrogen (secondary N) is 1. The van der Waals surface area contributed by atoms with Gasteiger partial charge in [0.2, 0.25) is 0 Å². The van der Waals surface area contributed by atoms with Crippen molar-refractivity contribution < 1.29 is 0 Å². The normalized spacial score (nSPS) is 14.8. The lowest BCUT2D eigenvalue weighted by molar-refractivity contribution is 0.594. The summed E-state index contributed by atoms with van der Waals surface area (Å²) in [5.41, 5.74) is 18.6. The zero-order chi connectivity index (χ0) is 37.3. The van der Waals surface area contributed by atoms with Crippen molar-refractivity contribution in [2.45, 2.75) is 66.1 Å². The molecule has 1 aliphatic carbocycles. The largest absolute Gasteiger partial charge is 0.351 e. The Hall–Kier alpha value is -5.51. The van der Waals surface area contributed by atoms with E-state index < -0.39 is 6.17 Å². The zero-order valence-corrected chi connectivity index (χ0v) is 31.9. The molecule has 0 saturated carbocycles. The van der Waals surface area contributed by atoms with Gasteiger partial charge in [0, 0.05) is 5.56 Å². The summed E-state index contributed by atoms with van der Waals surface area (Å²) < 4.78 is 0. The summed E-state index contributed by atoms with van der Waals surface area (Å²) in [6.07, 6.45) is 25.8. The first-order valence-corrected chi connectivity index (χ1v) is 19.0. The van der Waals surface area contributed by atoms with Gasteiger partial charge in [-0.1, -0.05) is 172 Å². The lowest BCUT2D eigenvalue weighted by Crippen LogP contribution is -2.43. The van der Waals surface area contributed by atoms with Crippen molar-refractivity contribution in [3.8, 4) is 11.1 Å². The molecule has 4 aromatic carbocycles. The Labute approximate surface area is 318 Å². The second-order valence-electron chi connectivity index (χ2n) is 13.8. The summed E-state index contributed by atoms with van der Waals surface area (Å²) in [6, 6.07) is 38.3. The van der Waals surface area contributed by atoms with Crippen molar-refractivity contribution in [2.24, 2.45) is 16.6 Å². The summed E-state index contributed by atoms with van der Waals surface area (Å²) in [7, 11) is 0. The summed E-state index contributed by atoms with van der Waals surface area (Å²) in [5, 5.41) is 3.53. The van der Waals surface area contributed by atoms with Crippen molar-refractivity contribution in [3.05, 3.63) is 203 Å². The van der Waals surface area contributed by atoms with Crippen LogP contribution in [0.2, 0.25) is 0 Å². The molecule has 5 rings (SSSR count). The number of allylic oxidation sites excluding steroid dienone is 12. The molecule has 0 aromatic heterocycles. The van der Waals surface area contributed by atoms with Crippen LogP contribution in [0.15, 0.2) is 186 Å². The quantitative estimate of drug-likeness (QED) is 0.0562. The van der Waals surface area contributed by atoms with Gasteiger partial charge < -0.3 is 11.1 Å². The highest BCUT2D eigenvalue weighted by molar-refractivity contribution is 5.99. The average molecular weight is 698 g/mol. The molecule has 1 unspecified atom stereocenters. The predicted octanol–water partition coefficient (Wildman–Crippen LogP) is 12.4. The lowest BCUT2D eigenvalue weighted by Gasteiger charge is -2.19. The smallest absolute Gasteiger partial charge is 0.130 e. The molecule has 0 fully saturated rings. The summed E-state index contributed by atoms with van der Waals surface area (Å²) >= 11 is 0. The van der Waals surface area contributed by atoms with Gasteiger partial charge in [-0.15, -0.1) is 0 Å². The van der Waals surface area contributed by atoms with E-state index >= 15 is 0 Å². The van der Waals surface area contributed by atoms with Crippen molar-refractivity contribution >= 4 is 17.0 Å². The fraction of sp³-hybridized carbons (Fsp3) is 0.220. The molecule has 3 N–H and O–H groups in total. The molecule has 0 amide bonds. The Bertz CT molecular complexity index is 2020. The molecular formula is C50H55N3. The Morgan fingerprint density at radius 3 is 2.11 bits per heavy atom. The molecule has 53 heavy (non-hydrogen) atoms. The molecule has 1 aliphatic rings. The van der Waals surface area contributed by atoms with Gasteiger partial charge in [0.1, 0.15) is 12.0 Å². The van der Waals surface area contributed by atoms with E-state index in [0.29, 0.717) is 12.5 Å². The molecule has 3 nitrogen and oxygen atoms in total. The number of hydrogen-bond acceptors (Lipinski definition) is 2. The zero-order valence-electron chi connectivity index (χ0n) is 31.9. The van der Waals surface area contributed by atoms with Crippen molar-refractivity contribution in [3.63, 3.8) is 0 Å². The summed E-state index contributed by atoms with van der Waals surface area (Å²) in [5.74, 6) is 1.50. The Balaban J connectivity index is 1.33. The highest BCUT2D eigenvalue weighted by Gasteiger charge is 2.13. The second-order valence-corrected chi connectivity index (χ2v) is 13.8. The molecule has 0 spiro atoms. The van der Waals surface area contributed by atoms with Crippen LogP contribution in [0.25, 0.3) is 22.3 Å². The lowest BCUT2D eigenvalue weighted by atomic mass is 9.95. The molecule has 0 bridgehead atoms. The van der Waals surface area contributed by atoms with Crippen LogP contribution in [-0.4, -0.2) is 12.0 Å². The second kappa shape index (κ2) is 20.5. The van der Waals surface area contributed by atoms with Crippen LogP contribution >= 0.6 is 0 Å². The first-order valence-electron chi connectivity index (χ1n) is 19.0. The number of rotatable bonds is 15. The molecule has 3 heteroatoms. The summed E-state index contributed by atoms with van der Waals surface area (Å²) in [6.45, 7) is 9.33. The van der Waals surface area contributed by atoms with Gasteiger partial charge in [-0.3, -0.25) is 4.99 Å². The van der Waals surface area contributed by atoms with Gasteiger partial charge in [-0.25, -0.2) is 0 Å². The van der Waals surface area contributed by atoms with E-state index in [1.54, 1.807) is 0 Å². The van der Waals surface area contributed by atoms with Crippen molar-refractivity contribution in [1.82, 2.24) is 5.32 Å². The van der Waals surface area contributed by atoms with Gasteiger partial charge in [0.05, 0.1) is 6.54 Å². The van der Waals surface area contributed by atoms with Crippen LogP contribution < -0.4 is 11.1 Å². The van der Waals surface area contributed by atoms with Crippen LogP contribution in [0, 0.1) is 5.92 Å². The monoisotopic (exact) mass is 697 g/mol. The van der Waals surface area contributed by atoms with Crippen LogP contribution in [0.3, 0.4) is 0 Å². The third-order valence-corrected chi connectivity index (χ3v) is 9.29. The number of nitrogens with zero attached hydrogens (tertiary/aromatic N) is 1. The van der Waals surface area contributed by atoms with Crippen LogP contribution in [0.4, 0.5) is 0 Å². The minimum absolute atomic E-state index is 0.424. The molecule has 0 radical (unpaired) electrons. The molecule has 0 heterocycles. The Kier molecular flexibility index (Phi) is 15.0. The highest BCUT2D eigenvalue weighted by atomic mass is 15.1. The molecule has 0 aliphatic heterocycles. The number of nitrogens with two attached hydrogens (primary N) is 1. The maximum Gasteiger partial charge on any atom is 0.130 e. The SMILES string of the molecule is C/C=C\C(=C/CC1=CCC=CC(C(N)N/C(=N\Cc2ccccc2)c2ccccc2)=C1)c1cccc(-c2cccc(C(/C=C\CCC(C)C)=C/C)c2)c1. The van der Waals surface area contributed by atoms with Gasteiger partial charge in [0.15, 0.2) is 0 Å². The van der Waals surface area contributed by atoms with Crippen molar-refractivity contribution in [2.75, 3.05) is 0 Å². The van der Waals surface area contributed by atoms with Crippen LogP contribution in [-0.2, 0) is 6.54 Å². The molecule has 4 aromatic rings. The fourth-order valence-electron chi connectivity index (χ4n) is 6.33. The number of hydrogen-bond donors (Lipinski definition) is 2. The molecular weight excluding hydrogens is 643 g/mol. The molecule has 0 saturated heterocycles. The predicted molar refractivity (Wildman–Crippen MR) is 230 cm³/mol. The van der Waals surface area contributed by atoms with Gasteiger partial charge in [0.25, 0.3) is 0 Å². The van der Waals surface area contributed by atoms with Crippen LogP contribution in [0.5, 0.6) is 0 Å². The van der Waals surface area contributed by atoms with E-state index in [1.165, 1.54) is 45.4 Å². The van der Waals surface area contributed by atoms with E-state index in [-0.39, 0.29) is 0 Å². The van der Waals surface area contributed by atoms with Gasteiger partial charge >= 0.3 is 0 Å². The molecule has 270 valence electrons. The standard InChI is InChI=1S/C50H55N3/c1-5-19-42(45-29-18-31-47(36-45)46-30-17-28-44(35-46)41(6-2)24-15-13-20-38(3)4)33-32-39-21-14-16-27-48(34-39)49(51)53-50(43-25-11-8-12-26-43)52-37-40-22-9-7-10-23-40/h5-12,15-19,21-31,33-36,38,49H,13-14,20,32,37,51H2,1-4H3,(H,52,53)/b19-5-,24-15-,41-6+,42-33+. The third-order valence-electron chi connectivity index (χ3n) is 9.29. The topological polar surface area (TPSA) is 50.4 Å². The average Bonchev–Trinajstić information content (AvgIpc) is 3.45. The number of aliphatic imine (C=N–C) groups is 1. The first kappa shape index (κ1) is 38.7.